The second-order valence-electron chi connectivity index (χ2n) is 5.82. The summed E-state index contributed by atoms with van der Waals surface area (Å²) in [5.41, 5.74) is 7.77. The highest BCUT2D eigenvalue weighted by atomic mass is 35.5. The second-order valence-corrected chi connectivity index (χ2v) is 6.23. The van der Waals surface area contributed by atoms with Gasteiger partial charge in [-0.05, 0) is 29.5 Å². The van der Waals surface area contributed by atoms with E-state index in [1.165, 1.54) is 0 Å². The van der Waals surface area contributed by atoms with Gasteiger partial charge in [0.25, 0.3) is 0 Å². The molecule has 0 bridgehead atoms. The van der Waals surface area contributed by atoms with Gasteiger partial charge in [0, 0.05) is 17.3 Å². The van der Waals surface area contributed by atoms with Crippen molar-refractivity contribution >= 4 is 23.2 Å². The van der Waals surface area contributed by atoms with E-state index in [2.05, 4.69) is 0 Å². The normalized spacial score (nSPS) is 16.6. The molecule has 1 aromatic rings. The largest absolute Gasteiger partial charge is 0.319 e. The lowest BCUT2D eigenvalue weighted by Crippen LogP contribution is -2.50. The topological polar surface area (TPSA) is 46.3 Å². The standard InChI is InChI=1S/C14H19ClN2O/c1-14(2,3)12(16)13(18)17-8-7-9-10(15)5-4-6-11(9)17/h4-6,12H,7-8,16H2,1-3H3/t12-/m1/s1. The van der Waals surface area contributed by atoms with Crippen molar-refractivity contribution in [3.63, 3.8) is 0 Å². The Labute approximate surface area is 113 Å². The average molecular weight is 267 g/mol. The second kappa shape index (κ2) is 4.56. The van der Waals surface area contributed by atoms with Crippen LogP contribution in [0.3, 0.4) is 0 Å². The third-order valence-electron chi connectivity index (χ3n) is 3.44. The molecule has 1 amide bonds. The third-order valence-corrected chi connectivity index (χ3v) is 3.79. The van der Waals surface area contributed by atoms with Crippen molar-refractivity contribution in [2.45, 2.75) is 33.2 Å². The molecular formula is C14H19ClN2O. The van der Waals surface area contributed by atoms with Crippen LogP contribution >= 0.6 is 11.6 Å². The Morgan fingerprint density at radius 2 is 2.11 bits per heavy atom. The van der Waals surface area contributed by atoms with Crippen LogP contribution in [0.15, 0.2) is 18.2 Å². The van der Waals surface area contributed by atoms with E-state index >= 15 is 0 Å². The van der Waals surface area contributed by atoms with Crippen LogP contribution in [-0.2, 0) is 11.2 Å². The zero-order valence-electron chi connectivity index (χ0n) is 11.0. The molecule has 0 unspecified atom stereocenters. The molecule has 0 aliphatic carbocycles. The monoisotopic (exact) mass is 266 g/mol. The Balaban J connectivity index is 2.29. The molecule has 3 nitrogen and oxygen atoms in total. The highest BCUT2D eigenvalue weighted by Crippen LogP contribution is 2.34. The molecule has 98 valence electrons. The van der Waals surface area contributed by atoms with Crippen molar-refractivity contribution in [3.8, 4) is 0 Å². The molecule has 1 aliphatic heterocycles. The highest BCUT2D eigenvalue weighted by molar-refractivity contribution is 6.32. The fraction of sp³-hybridized carbons (Fsp3) is 0.500. The fourth-order valence-electron chi connectivity index (χ4n) is 2.16. The van der Waals surface area contributed by atoms with Crippen molar-refractivity contribution in [2.75, 3.05) is 11.4 Å². The van der Waals surface area contributed by atoms with Crippen LogP contribution in [0, 0.1) is 5.41 Å². The van der Waals surface area contributed by atoms with E-state index in [1.807, 2.05) is 39.0 Å². The Bertz CT molecular complexity index is 479. The van der Waals surface area contributed by atoms with E-state index in [1.54, 1.807) is 4.90 Å². The number of hydrogen-bond acceptors (Lipinski definition) is 2. The van der Waals surface area contributed by atoms with Crippen molar-refractivity contribution in [2.24, 2.45) is 11.1 Å². The van der Waals surface area contributed by atoms with E-state index in [4.69, 9.17) is 17.3 Å². The fourth-order valence-corrected chi connectivity index (χ4v) is 2.42. The Hall–Kier alpha value is -1.06. The van der Waals surface area contributed by atoms with Gasteiger partial charge in [-0.2, -0.15) is 0 Å². The van der Waals surface area contributed by atoms with Gasteiger partial charge in [0.05, 0.1) is 6.04 Å². The smallest absolute Gasteiger partial charge is 0.244 e. The summed E-state index contributed by atoms with van der Waals surface area (Å²) in [6.45, 7) is 6.60. The number of benzene rings is 1. The molecule has 0 aromatic heterocycles. The summed E-state index contributed by atoms with van der Waals surface area (Å²) >= 11 is 6.14. The predicted octanol–water partition coefficient (Wildman–Crippen LogP) is 2.60. The first-order valence-electron chi connectivity index (χ1n) is 6.16. The molecule has 0 fully saturated rings. The SMILES string of the molecule is CC(C)(C)[C@H](N)C(=O)N1CCc2c(Cl)cccc21. The Morgan fingerprint density at radius 3 is 2.72 bits per heavy atom. The van der Waals surface area contributed by atoms with Crippen molar-refractivity contribution in [3.05, 3.63) is 28.8 Å². The number of carbonyl (C=O) groups is 1. The molecule has 1 aliphatic rings. The van der Waals surface area contributed by atoms with Gasteiger partial charge in [-0.15, -0.1) is 0 Å². The number of amides is 1. The minimum atomic E-state index is -0.498. The van der Waals surface area contributed by atoms with Crippen LogP contribution in [0.4, 0.5) is 5.69 Å². The Morgan fingerprint density at radius 1 is 1.44 bits per heavy atom. The lowest BCUT2D eigenvalue weighted by Gasteiger charge is -2.30. The number of nitrogens with zero attached hydrogens (tertiary/aromatic N) is 1. The maximum atomic E-state index is 12.4. The van der Waals surface area contributed by atoms with Crippen LogP contribution in [0.25, 0.3) is 0 Å². The maximum Gasteiger partial charge on any atom is 0.244 e. The summed E-state index contributed by atoms with van der Waals surface area (Å²) in [6, 6.07) is 5.16. The van der Waals surface area contributed by atoms with Gasteiger partial charge in [-0.25, -0.2) is 0 Å². The summed E-state index contributed by atoms with van der Waals surface area (Å²) in [4.78, 5) is 14.2. The van der Waals surface area contributed by atoms with Crippen LogP contribution in [-0.4, -0.2) is 18.5 Å². The quantitative estimate of drug-likeness (QED) is 0.849. The molecule has 1 atom stereocenters. The minimum absolute atomic E-state index is 0.0245. The van der Waals surface area contributed by atoms with Gasteiger partial charge in [0.2, 0.25) is 5.91 Å². The molecule has 1 aromatic carbocycles. The molecule has 0 saturated carbocycles. The van der Waals surface area contributed by atoms with Crippen molar-refractivity contribution in [1.29, 1.82) is 0 Å². The van der Waals surface area contributed by atoms with Crippen LogP contribution in [0.5, 0.6) is 0 Å². The number of nitrogens with two attached hydrogens (primary N) is 1. The number of hydrogen-bond donors (Lipinski definition) is 1. The lowest BCUT2D eigenvalue weighted by molar-refractivity contribution is -0.121. The average Bonchev–Trinajstić information content (AvgIpc) is 2.71. The third kappa shape index (κ3) is 2.25. The first kappa shape index (κ1) is 13.4. The summed E-state index contributed by atoms with van der Waals surface area (Å²) in [5.74, 6) is -0.0245. The summed E-state index contributed by atoms with van der Waals surface area (Å²) in [5, 5.41) is 0.729. The van der Waals surface area contributed by atoms with Crippen LogP contribution in [0.2, 0.25) is 5.02 Å². The molecule has 18 heavy (non-hydrogen) atoms. The predicted molar refractivity (Wildman–Crippen MR) is 74.9 cm³/mol. The molecular weight excluding hydrogens is 248 g/mol. The summed E-state index contributed by atoms with van der Waals surface area (Å²) in [7, 11) is 0. The first-order valence-corrected chi connectivity index (χ1v) is 6.54. The molecule has 0 radical (unpaired) electrons. The van der Waals surface area contributed by atoms with E-state index < -0.39 is 6.04 Å². The van der Waals surface area contributed by atoms with Gasteiger partial charge < -0.3 is 10.6 Å². The maximum absolute atomic E-state index is 12.4. The number of carbonyl (C=O) groups excluding carboxylic acids is 1. The van der Waals surface area contributed by atoms with E-state index in [-0.39, 0.29) is 11.3 Å². The van der Waals surface area contributed by atoms with Crippen molar-refractivity contribution < 1.29 is 4.79 Å². The minimum Gasteiger partial charge on any atom is -0.319 e. The van der Waals surface area contributed by atoms with Crippen LogP contribution in [0.1, 0.15) is 26.3 Å². The molecule has 1 heterocycles. The van der Waals surface area contributed by atoms with Gasteiger partial charge >= 0.3 is 0 Å². The zero-order valence-corrected chi connectivity index (χ0v) is 11.8. The number of anilines is 1. The molecule has 0 saturated heterocycles. The van der Waals surface area contributed by atoms with E-state index in [0.29, 0.717) is 6.54 Å². The number of halogens is 1. The molecule has 2 rings (SSSR count). The Kier molecular flexibility index (Phi) is 3.39. The van der Waals surface area contributed by atoms with Gasteiger partial charge in [-0.3, -0.25) is 4.79 Å². The van der Waals surface area contributed by atoms with E-state index in [0.717, 1.165) is 22.7 Å². The molecule has 2 N–H and O–H groups in total. The number of rotatable bonds is 1. The molecule has 0 spiro atoms. The first-order chi connectivity index (χ1) is 8.32. The van der Waals surface area contributed by atoms with Crippen LogP contribution < -0.4 is 10.6 Å². The highest BCUT2D eigenvalue weighted by Gasteiger charge is 2.34. The summed E-state index contributed by atoms with van der Waals surface area (Å²) < 4.78 is 0. The van der Waals surface area contributed by atoms with Gasteiger partial charge in [0.15, 0.2) is 0 Å². The summed E-state index contributed by atoms with van der Waals surface area (Å²) in [6.07, 6.45) is 0.803. The van der Waals surface area contributed by atoms with Gasteiger partial charge in [-0.1, -0.05) is 38.4 Å². The zero-order chi connectivity index (χ0) is 13.5. The lowest BCUT2D eigenvalue weighted by atomic mass is 9.86. The van der Waals surface area contributed by atoms with E-state index in [9.17, 15) is 4.79 Å². The van der Waals surface area contributed by atoms with Gasteiger partial charge in [0.1, 0.15) is 0 Å². The molecule has 4 heteroatoms. The van der Waals surface area contributed by atoms with Crippen molar-refractivity contribution in [1.82, 2.24) is 0 Å². The number of fused-ring (bicyclic) bond motifs is 1.